The van der Waals surface area contributed by atoms with E-state index >= 15 is 0 Å². The molecule has 0 saturated heterocycles. The minimum absolute atomic E-state index is 0.123. The molecule has 88 valence electrons. The fraction of sp³-hybridized carbons (Fsp3) is 0.400. The Balaban J connectivity index is 3.37. The predicted molar refractivity (Wildman–Crippen MR) is 60.1 cm³/mol. The zero-order valence-corrected chi connectivity index (χ0v) is 9.01. The lowest BCUT2D eigenvalue weighted by atomic mass is 10.0. The van der Waals surface area contributed by atoms with Crippen molar-refractivity contribution in [1.29, 1.82) is 0 Å². The van der Waals surface area contributed by atoms with E-state index in [1.807, 2.05) is 6.92 Å². The molecule has 1 aromatic rings. The number of phenolic OH excluding ortho intramolecular Hbond substituents is 1. The summed E-state index contributed by atoms with van der Waals surface area (Å²) in [7, 11) is 0. The van der Waals surface area contributed by atoms with Crippen molar-refractivity contribution in [3.8, 4) is 5.75 Å². The molecule has 0 radical (unpaired) electrons. The average Bonchev–Trinajstić information content (AvgIpc) is 2.28. The summed E-state index contributed by atoms with van der Waals surface area (Å²) in [5.41, 5.74) is 11.8. The van der Waals surface area contributed by atoms with Crippen LogP contribution in [0.1, 0.15) is 24.1 Å². The summed E-state index contributed by atoms with van der Waals surface area (Å²) < 4.78 is 0. The third-order valence-electron chi connectivity index (χ3n) is 2.44. The number of nitro groups is 1. The molecule has 0 bridgehead atoms. The first-order valence-electron chi connectivity index (χ1n) is 4.97. The number of aryl methyl sites for hydroxylation is 1. The van der Waals surface area contributed by atoms with E-state index in [0.717, 1.165) is 5.56 Å². The van der Waals surface area contributed by atoms with E-state index in [2.05, 4.69) is 0 Å². The highest BCUT2D eigenvalue weighted by molar-refractivity contribution is 5.54. The normalized spacial score (nSPS) is 12.4. The maximum absolute atomic E-state index is 10.7. The molecule has 16 heavy (non-hydrogen) atoms. The number of nitrogens with zero attached hydrogens (tertiary/aromatic N) is 1. The van der Waals surface area contributed by atoms with Crippen molar-refractivity contribution >= 4 is 5.69 Å². The molecule has 6 nitrogen and oxygen atoms in total. The van der Waals surface area contributed by atoms with Crippen molar-refractivity contribution in [3.05, 3.63) is 33.4 Å². The van der Waals surface area contributed by atoms with Gasteiger partial charge in [0.2, 0.25) is 0 Å². The first kappa shape index (κ1) is 12.4. The number of benzene rings is 1. The molecule has 0 aliphatic heterocycles. The molecule has 0 saturated carbocycles. The van der Waals surface area contributed by atoms with Gasteiger partial charge in [-0.1, -0.05) is 6.92 Å². The topological polar surface area (TPSA) is 115 Å². The maximum Gasteiger partial charge on any atom is 0.311 e. The highest BCUT2D eigenvalue weighted by atomic mass is 16.6. The Morgan fingerprint density at radius 1 is 1.56 bits per heavy atom. The van der Waals surface area contributed by atoms with Crippen LogP contribution in [0.15, 0.2) is 12.1 Å². The lowest BCUT2D eigenvalue weighted by Crippen LogP contribution is -2.21. The smallest absolute Gasteiger partial charge is 0.311 e. The molecule has 0 aliphatic rings. The number of hydrogen-bond donors (Lipinski definition) is 3. The second-order valence-corrected chi connectivity index (χ2v) is 3.51. The van der Waals surface area contributed by atoms with E-state index in [1.54, 1.807) is 6.07 Å². The molecule has 0 spiro atoms. The van der Waals surface area contributed by atoms with Gasteiger partial charge in [0.25, 0.3) is 0 Å². The van der Waals surface area contributed by atoms with Crippen LogP contribution in [0.2, 0.25) is 0 Å². The third kappa shape index (κ3) is 2.29. The molecule has 0 aliphatic carbocycles. The lowest BCUT2D eigenvalue weighted by molar-refractivity contribution is -0.386. The number of nitro benzene ring substituents is 1. The minimum atomic E-state index is -0.624. The van der Waals surface area contributed by atoms with Crippen LogP contribution in [0, 0.1) is 10.1 Å². The molecule has 0 aromatic heterocycles. The number of rotatable bonds is 4. The Morgan fingerprint density at radius 2 is 2.19 bits per heavy atom. The molecule has 5 N–H and O–H groups in total. The average molecular weight is 225 g/mol. The SMILES string of the molecule is CCc1cc([C@@H](N)CN)c(O)c([N+](=O)[O-])c1. The first-order valence-corrected chi connectivity index (χ1v) is 4.97. The van der Waals surface area contributed by atoms with Crippen LogP contribution >= 0.6 is 0 Å². The Hall–Kier alpha value is -1.66. The van der Waals surface area contributed by atoms with E-state index in [1.165, 1.54) is 6.07 Å². The summed E-state index contributed by atoms with van der Waals surface area (Å²) in [5, 5.41) is 20.4. The van der Waals surface area contributed by atoms with Crippen LogP contribution in [-0.2, 0) is 6.42 Å². The predicted octanol–water partition coefficient (Wildman–Crippen LogP) is 0.821. The molecule has 0 heterocycles. The fourth-order valence-corrected chi connectivity index (χ4v) is 1.45. The standard InChI is InChI=1S/C10H15N3O3/c1-2-6-3-7(8(12)5-11)10(14)9(4-6)13(15)16/h3-4,8,14H,2,5,11-12H2,1H3/t8-/m0/s1. The van der Waals surface area contributed by atoms with Crippen molar-refractivity contribution in [1.82, 2.24) is 0 Å². The van der Waals surface area contributed by atoms with E-state index in [-0.39, 0.29) is 18.0 Å². The van der Waals surface area contributed by atoms with Gasteiger partial charge in [-0.05, 0) is 18.1 Å². The van der Waals surface area contributed by atoms with Gasteiger partial charge < -0.3 is 16.6 Å². The quantitative estimate of drug-likeness (QED) is 0.518. The summed E-state index contributed by atoms with van der Waals surface area (Å²) in [5.74, 6) is -0.389. The van der Waals surface area contributed by atoms with Crippen LogP contribution in [0.4, 0.5) is 5.69 Å². The lowest BCUT2D eigenvalue weighted by Gasteiger charge is -2.12. The minimum Gasteiger partial charge on any atom is -0.502 e. The van der Waals surface area contributed by atoms with Gasteiger partial charge in [-0.2, -0.15) is 0 Å². The van der Waals surface area contributed by atoms with Crippen LogP contribution in [0.25, 0.3) is 0 Å². The highest BCUT2D eigenvalue weighted by Gasteiger charge is 2.21. The summed E-state index contributed by atoms with van der Waals surface area (Å²) in [6.45, 7) is 1.99. The van der Waals surface area contributed by atoms with Gasteiger partial charge in [0, 0.05) is 24.2 Å². The molecule has 0 unspecified atom stereocenters. The van der Waals surface area contributed by atoms with Crippen LogP contribution < -0.4 is 11.5 Å². The van der Waals surface area contributed by atoms with E-state index in [0.29, 0.717) is 12.0 Å². The van der Waals surface area contributed by atoms with Crippen molar-refractivity contribution in [2.45, 2.75) is 19.4 Å². The summed E-state index contributed by atoms with van der Waals surface area (Å²) in [6.07, 6.45) is 0.630. The fourth-order valence-electron chi connectivity index (χ4n) is 1.45. The van der Waals surface area contributed by atoms with Gasteiger partial charge in [0.1, 0.15) is 0 Å². The molecule has 1 rings (SSSR count). The summed E-state index contributed by atoms with van der Waals surface area (Å²) >= 11 is 0. The van der Waals surface area contributed by atoms with Gasteiger partial charge in [-0.3, -0.25) is 10.1 Å². The Kier molecular flexibility index (Phi) is 3.81. The first-order chi connectivity index (χ1) is 7.51. The zero-order chi connectivity index (χ0) is 12.3. The molecular weight excluding hydrogens is 210 g/mol. The van der Waals surface area contributed by atoms with Crippen molar-refractivity contribution in [2.24, 2.45) is 11.5 Å². The zero-order valence-electron chi connectivity index (χ0n) is 9.01. The van der Waals surface area contributed by atoms with Crippen LogP contribution in [0.3, 0.4) is 0 Å². The summed E-state index contributed by atoms with van der Waals surface area (Å²) in [6, 6.07) is 2.41. The molecule has 6 heteroatoms. The van der Waals surface area contributed by atoms with Gasteiger partial charge in [-0.15, -0.1) is 0 Å². The highest BCUT2D eigenvalue weighted by Crippen LogP contribution is 2.34. The van der Waals surface area contributed by atoms with Crippen molar-refractivity contribution < 1.29 is 10.0 Å². The molecule has 0 fully saturated rings. The molecule has 1 aromatic carbocycles. The maximum atomic E-state index is 10.7. The molecule has 1 atom stereocenters. The van der Waals surface area contributed by atoms with E-state index in [9.17, 15) is 15.2 Å². The Morgan fingerprint density at radius 3 is 2.62 bits per heavy atom. The number of aromatic hydroxyl groups is 1. The second kappa shape index (κ2) is 4.91. The molecule has 0 amide bonds. The van der Waals surface area contributed by atoms with Crippen molar-refractivity contribution in [2.75, 3.05) is 6.54 Å². The van der Waals surface area contributed by atoms with Gasteiger partial charge in [0.15, 0.2) is 5.75 Å². The van der Waals surface area contributed by atoms with Gasteiger partial charge in [0.05, 0.1) is 4.92 Å². The Bertz CT molecular complexity index is 407. The largest absolute Gasteiger partial charge is 0.502 e. The van der Waals surface area contributed by atoms with Crippen molar-refractivity contribution in [3.63, 3.8) is 0 Å². The van der Waals surface area contributed by atoms with E-state index < -0.39 is 11.0 Å². The van der Waals surface area contributed by atoms with Gasteiger partial charge >= 0.3 is 5.69 Å². The van der Waals surface area contributed by atoms with Gasteiger partial charge in [-0.25, -0.2) is 0 Å². The van der Waals surface area contributed by atoms with Crippen LogP contribution in [-0.4, -0.2) is 16.6 Å². The number of phenols is 1. The number of hydrogen-bond acceptors (Lipinski definition) is 5. The Labute approximate surface area is 93.0 Å². The monoisotopic (exact) mass is 225 g/mol. The third-order valence-corrected chi connectivity index (χ3v) is 2.44. The summed E-state index contributed by atoms with van der Waals surface area (Å²) in [4.78, 5) is 10.1. The second-order valence-electron chi connectivity index (χ2n) is 3.51. The van der Waals surface area contributed by atoms with E-state index in [4.69, 9.17) is 11.5 Å². The molecular formula is C10H15N3O3. The number of nitrogens with two attached hydrogens (primary N) is 2. The van der Waals surface area contributed by atoms with Crippen LogP contribution in [0.5, 0.6) is 5.75 Å².